The maximum atomic E-state index is 5.70. The molecule has 1 aliphatic carbocycles. The van der Waals surface area contributed by atoms with Crippen LogP contribution in [0.25, 0.3) is 0 Å². The molecule has 2 rings (SSSR count). The van der Waals surface area contributed by atoms with Crippen LogP contribution in [0.4, 0.5) is 0 Å². The molecule has 1 atom stereocenters. The molecule has 0 spiro atoms. The van der Waals surface area contributed by atoms with Crippen LogP contribution in [0.3, 0.4) is 0 Å². The summed E-state index contributed by atoms with van der Waals surface area (Å²) in [5.74, 6) is 0. The summed E-state index contributed by atoms with van der Waals surface area (Å²) in [6, 6.07) is 0.889. The van der Waals surface area contributed by atoms with Crippen molar-refractivity contribution in [2.24, 2.45) is 0 Å². The normalized spacial score (nSPS) is 26.2. The molecule has 2 nitrogen and oxygen atoms in total. The Morgan fingerprint density at radius 3 is 2.56 bits per heavy atom. The van der Waals surface area contributed by atoms with Crippen molar-refractivity contribution in [1.82, 2.24) is 4.90 Å². The van der Waals surface area contributed by atoms with E-state index in [-0.39, 0.29) is 0 Å². The SMILES string of the molecule is BrCCCN(CCC1CCCO1)C1CCC1. The van der Waals surface area contributed by atoms with Gasteiger partial charge in [0.05, 0.1) is 6.10 Å². The Balaban J connectivity index is 1.67. The lowest BCUT2D eigenvalue weighted by atomic mass is 9.91. The second kappa shape index (κ2) is 6.97. The van der Waals surface area contributed by atoms with E-state index in [1.807, 2.05) is 0 Å². The van der Waals surface area contributed by atoms with E-state index in [0.717, 1.165) is 18.0 Å². The standard InChI is InChI=1S/C13H24BrNO/c14-8-3-9-15(12-4-1-5-12)10-7-13-6-2-11-16-13/h12-13H,1-11H2. The van der Waals surface area contributed by atoms with Crippen molar-refractivity contribution < 1.29 is 4.74 Å². The minimum atomic E-state index is 0.562. The summed E-state index contributed by atoms with van der Waals surface area (Å²) in [7, 11) is 0. The number of halogens is 1. The Morgan fingerprint density at radius 2 is 2.00 bits per heavy atom. The lowest BCUT2D eigenvalue weighted by molar-refractivity contribution is 0.0702. The molecule has 16 heavy (non-hydrogen) atoms. The molecule has 1 heterocycles. The maximum absolute atomic E-state index is 5.70. The van der Waals surface area contributed by atoms with Crippen LogP contribution in [0.1, 0.15) is 44.9 Å². The van der Waals surface area contributed by atoms with Crippen molar-refractivity contribution in [2.45, 2.75) is 57.1 Å². The van der Waals surface area contributed by atoms with Gasteiger partial charge in [0.2, 0.25) is 0 Å². The van der Waals surface area contributed by atoms with Gasteiger partial charge < -0.3 is 9.64 Å². The summed E-state index contributed by atoms with van der Waals surface area (Å²) in [5, 5.41) is 1.14. The second-order valence-corrected chi connectivity index (χ2v) is 5.88. The van der Waals surface area contributed by atoms with Gasteiger partial charge in [-0.05, 0) is 45.1 Å². The molecule has 1 aliphatic heterocycles. The van der Waals surface area contributed by atoms with E-state index in [9.17, 15) is 0 Å². The third-order valence-corrected chi connectivity index (χ3v) is 4.49. The Morgan fingerprint density at radius 1 is 1.12 bits per heavy atom. The van der Waals surface area contributed by atoms with Crippen molar-refractivity contribution in [3.63, 3.8) is 0 Å². The van der Waals surface area contributed by atoms with Gasteiger partial charge in [-0.2, -0.15) is 0 Å². The Kier molecular flexibility index (Phi) is 5.60. The van der Waals surface area contributed by atoms with Gasteiger partial charge in [0, 0.05) is 24.5 Å². The molecule has 1 saturated heterocycles. The van der Waals surface area contributed by atoms with Crippen LogP contribution in [0.15, 0.2) is 0 Å². The molecule has 2 fully saturated rings. The van der Waals surface area contributed by atoms with Gasteiger partial charge in [0.15, 0.2) is 0 Å². The largest absolute Gasteiger partial charge is 0.378 e. The highest BCUT2D eigenvalue weighted by atomic mass is 79.9. The molecule has 2 aliphatic rings. The zero-order chi connectivity index (χ0) is 11.2. The minimum absolute atomic E-state index is 0.562. The highest BCUT2D eigenvalue weighted by Gasteiger charge is 2.25. The molecule has 0 N–H and O–H groups in total. The quantitative estimate of drug-likeness (QED) is 0.668. The molecule has 0 aromatic rings. The van der Waals surface area contributed by atoms with Gasteiger partial charge in [-0.25, -0.2) is 0 Å². The van der Waals surface area contributed by atoms with Crippen LogP contribution >= 0.6 is 15.9 Å². The predicted molar refractivity (Wildman–Crippen MR) is 71.2 cm³/mol. The first kappa shape index (κ1) is 12.8. The summed E-state index contributed by atoms with van der Waals surface area (Å²) in [5.41, 5.74) is 0. The Hall–Kier alpha value is 0.400. The van der Waals surface area contributed by atoms with Crippen molar-refractivity contribution in [3.8, 4) is 0 Å². The molecule has 0 radical (unpaired) electrons. The fourth-order valence-corrected chi connectivity index (χ4v) is 2.92. The summed E-state index contributed by atoms with van der Waals surface area (Å²) >= 11 is 3.53. The van der Waals surface area contributed by atoms with E-state index in [1.54, 1.807) is 0 Å². The minimum Gasteiger partial charge on any atom is -0.378 e. The van der Waals surface area contributed by atoms with E-state index >= 15 is 0 Å². The molecular weight excluding hydrogens is 266 g/mol. The summed E-state index contributed by atoms with van der Waals surface area (Å²) < 4.78 is 5.70. The third-order valence-electron chi connectivity index (χ3n) is 3.93. The molecular formula is C13H24BrNO. The first-order valence-electron chi connectivity index (χ1n) is 6.82. The average Bonchev–Trinajstić information content (AvgIpc) is 2.72. The van der Waals surface area contributed by atoms with E-state index < -0.39 is 0 Å². The van der Waals surface area contributed by atoms with Crippen LogP contribution in [-0.4, -0.2) is 42.1 Å². The lowest BCUT2D eigenvalue weighted by Gasteiger charge is -2.38. The average molecular weight is 290 g/mol. The van der Waals surface area contributed by atoms with Crippen LogP contribution in [0.5, 0.6) is 0 Å². The number of alkyl halides is 1. The highest BCUT2D eigenvalue weighted by molar-refractivity contribution is 9.09. The fraction of sp³-hybridized carbons (Fsp3) is 1.00. The molecule has 0 amide bonds. The lowest BCUT2D eigenvalue weighted by Crippen LogP contribution is -2.42. The zero-order valence-electron chi connectivity index (χ0n) is 10.2. The topological polar surface area (TPSA) is 12.5 Å². The number of rotatable bonds is 7. The van der Waals surface area contributed by atoms with Gasteiger partial charge in [-0.3, -0.25) is 0 Å². The van der Waals surface area contributed by atoms with Gasteiger partial charge in [-0.15, -0.1) is 0 Å². The molecule has 94 valence electrons. The molecule has 0 aromatic heterocycles. The van der Waals surface area contributed by atoms with Gasteiger partial charge in [0.1, 0.15) is 0 Å². The highest BCUT2D eigenvalue weighted by Crippen LogP contribution is 2.26. The van der Waals surface area contributed by atoms with E-state index in [4.69, 9.17) is 4.74 Å². The molecule has 1 unspecified atom stereocenters. The molecule has 1 saturated carbocycles. The molecule has 0 aromatic carbocycles. The molecule has 3 heteroatoms. The number of nitrogens with zero attached hydrogens (tertiary/aromatic N) is 1. The van der Waals surface area contributed by atoms with E-state index in [0.29, 0.717) is 6.10 Å². The first-order valence-corrected chi connectivity index (χ1v) is 7.94. The first-order chi connectivity index (χ1) is 7.90. The number of hydrogen-bond acceptors (Lipinski definition) is 2. The van der Waals surface area contributed by atoms with E-state index in [2.05, 4.69) is 20.8 Å². The fourth-order valence-electron chi connectivity index (χ4n) is 2.67. The predicted octanol–water partition coefficient (Wildman–Crippen LogP) is 3.20. The van der Waals surface area contributed by atoms with E-state index in [1.165, 1.54) is 58.0 Å². The number of hydrogen-bond donors (Lipinski definition) is 0. The summed E-state index contributed by atoms with van der Waals surface area (Å²) in [4.78, 5) is 2.70. The van der Waals surface area contributed by atoms with Crippen molar-refractivity contribution >= 4 is 15.9 Å². The monoisotopic (exact) mass is 289 g/mol. The number of ether oxygens (including phenoxy) is 1. The molecule has 0 bridgehead atoms. The Bertz CT molecular complexity index is 190. The smallest absolute Gasteiger partial charge is 0.0588 e. The van der Waals surface area contributed by atoms with Crippen LogP contribution in [-0.2, 0) is 4.74 Å². The van der Waals surface area contributed by atoms with Crippen molar-refractivity contribution in [1.29, 1.82) is 0 Å². The van der Waals surface area contributed by atoms with Crippen molar-refractivity contribution in [3.05, 3.63) is 0 Å². The summed E-state index contributed by atoms with van der Waals surface area (Å²) in [6.45, 7) is 3.51. The zero-order valence-corrected chi connectivity index (χ0v) is 11.8. The van der Waals surface area contributed by atoms with Gasteiger partial charge >= 0.3 is 0 Å². The van der Waals surface area contributed by atoms with Crippen molar-refractivity contribution in [2.75, 3.05) is 25.0 Å². The van der Waals surface area contributed by atoms with Crippen LogP contribution in [0.2, 0.25) is 0 Å². The van der Waals surface area contributed by atoms with Crippen LogP contribution in [0, 0.1) is 0 Å². The van der Waals surface area contributed by atoms with Crippen LogP contribution < -0.4 is 0 Å². The van der Waals surface area contributed by atoms with Gasteiger partial charge in [-0.1, -0.05) is 22.4 Å². The Labute approximate surface area is 108 Å². The maximum Gasteiger partial charge on any atom is 0.0588 e. The second-order valence-electron chi connectivity index (χ2n) is 5.09. The third kappa shape index (κ3) is 3.71. The van der Waals surface area contributed by atoms with Gasteiger partial charge in [0.25, 0.3) is 0 Å². The summed E-state index contributed by atoms with van der Waals surface area (Å²) in [6.07, 6.45) is 9.94.